The highest BCUT2D eigenvalue weighted by atomic mass is 28.4. The van der Waals surface area contributed by atoms with Crippen molar-refractivity contribution in [2.45, 2.75) is 77.9 Å². The van der Waals surface area contributed by atoms with Gasteiger partial charge in [-0.2, -0.15) is 0 Å². The van der Waals surface area contributed by atoms with Crippen LogP contribution in [0.2, 0.25) is 19.6 Å². The van der Waals surface area contributed by atoms with Crippen LogP contribution in [0, 0.1) is 5.41 Å². The molecule has 0 saturated heterocycles. The van der Waals surface area contributed by atoms with Gasteiger partial charge in [0, 0.05) is 6.42 Å². The van der Waals surface area contributed by atoms with Gasteiger partial charge in [-0.05, 0) is 76.1 Å². The second-order valence-corrected chi connectivity index (χ2v) is 12.0. The normalized spacial score (nSPS) is 28.0. The number of rotatable bonds is 5. The summed E-state index contributed by atoms with van der Waals surface area (Å²) in [5.74, 6) is 1.28. The molecule has 0 N–H and O–H groups in total. The van der Waals surface area contributed by atoms with E-state index in [4.69, 9.17) is 4.43 Å². The minimum Gasteiger partial charge on any atom is -0.548 e. The quantitative estimate of drug-likeness (QED) is 0.456. The Labute approximate surface area is 120 Å². The van der Waals surface area contributed by atoms with Gasteiger partial charge >= 0.3 is 0 Å². The minimum atomic E-state index is -1.42. The standard InChI is InChI=1S/C17H30OSi/c1-17(12-10-15-8-6-5-7-9-15)13-11-16(14-17)18-19(2,3)4/h8,14H,5-7,9-13H2,1-4H3. The molecule has 0 heterocycles. The van der Waals surface area contributed by atoms with Crippen LogP contribution < -0.4 is 0 Å². The molecule has 2 rings (SSSR count). The van der Waals surface area contributed by atoms with Crippen molar-refractivity contribution in [3.8, 4) is 0 Å². The van der Waals surface area contributed by atoms with Gasteiger partial charge in [-0.3, -0.25) is 0 Å². The van der Waals surface area contributed by atoms with Crippen molar-refractivity contribution in [1.29, 1.82) is 0 Å². The summed E-state index contributed by atoms with van der Waals surface area (Å²) in [5.41, 5.74) is 2.09. The van der Waals surface area contributed by atoms with E-state index >= 15 is 0 Å². The Morgan fingerprint density at radius 3 is 2.63 bits per heavy atom. The fourth-order valence-electron chi connectivity index (χ4n) is 3.19. The molecule has 0 aliphatic heterocycles. The predicted octanol–water partition coefficient (Wildman–Crippen LogP) is 5.80. The second kappa shape index (κ2) is 5.86. The Balaban J connectivity index is 1.87. The van der Waals surface area contributed by atoms with Gasteiger partial charge in [0.2, 0.25) is 8.32 Å². The maximum Gasteiger partial charge on any atom is 0.241 e. The Morgan fingerprint density at radius 1 is 1.21 bits per heavy atom. The van der Waals surface area contributed by atoms with Crippen molar-refractivity contribution in [1.82, 2.24) is 0 Å². The molecule has 19 heavy (non-hydrogen) atoms. The van der Waals surface area contributed by atoms with E-state index in [1.54, 1.807) is 5.57 Å². The highest BCUT2D eigenvalue weighted by Gasteiger charge is 2.31. The van der Waals surface area contributed by atoms with Crippen molar-refractivity contribution < 1.29 is 4.43 Å². The van der Waals surface area contributed by atoms with E-state index in [2.05, 4.69) is 38.7 Å². The molecule has 0 bridgehead atoms. The molecule has 1 nitrogen and oxygen atoms in total. The molecule has 2 aliphatic rings. The highest BCUT2D eigenvalue weighted by molar-refractivity contribution is 6.70. The summed E-state index contributed by atoms with van der Waals surface area (Å²) in [6.45, 7) is 9.24. The van der Waals surface area contributed by atoms with E-state index in [1.165, 1.54) is 50.7 Å². The molecule has 1 unspecified atom stereocenters. The van der Waals surface area contributed by atoms with Crippen molar-refractivity contribution >= 4 is 8.32 Å². The Bertz CT molecular complexity index is 375. The fourth-order valence-corrected chi connectivity index (χ4v) is 4.14. The summed E-state index contributed by atoms with van der Waals surface area (Å²) < 4.78 is 6.17. The highest BCUT2D eigenvalue weighted by Crippen LogP contribution is 2.42. The average molecular weight is 279 g/mol. The van der Waals surface area contributed by atoms with Gasteiger partial charge in [0.15, 0.2) is 0 Å². The monoisotopic (exact) mass is 278 g/mol. The molecule has 0 aromatic carbocycles. The van der Waals surface area contributed by atoms with E-state index in [1.807, 2.05) is 0 Å². The fraction of sp³-hybridized carbons (Fsp3) is 0.765. The SMILES string of the molecule is CC1(CCC2=CCCCC2)C=C(O[Si](C)(C)C)CC1. The van der Waals surface area contributed by atoms with Gasteiger partial charge < -0.3 is 4.43 Å². The molecule has 2 heteroatoms. The smallest absolute Gasteiger partial charge is 0.241 e. The lowest BCUT2D eigenvalue weighted by Crippen LogP contribution is -2.24. The summed E-state index contributed by atoms with van der Waals surface area (Å²) in [7, 11) is -1.42. The third-order valence-corrected chi connectivity index (χ3v) is 5.17. The first-order valence-corrected chi connectivity index (χ1v) is 11.4. The van der Waals surface area contributed by atoms with Gasteiger partial charge in [0.25, 0.3) is 0 Å². The van der Waals surface area contributed by atoms with Crippen LogP contribution in [0.4, 0.5) is 0 Å². The molecule has 0 radical (unpaired) electrons. The number of hydrogen-bond acceptors (Lipinski definition) is 1. The second-order valence-electron chi connectivity index (χ2n) is 7.59. The van der Waals surface area contributed by atoms with E-state index in [-0.39, 0.29) is 0 Å². The Morgan fingerprint density at radius 2 is 2.00 bits per heavy atom. The van der Waals surface area contributed by atoms with Crippen LogP contribution in [-0.2, 0) is 4.43 Å². The zero-order chi connectivity index (χ0) is 13.9. The molecule has 1 atom stereocenters. The van der Waals surface area contributed by atoms with Gasteiger partial charge in [-0.15, -0.1) is 0 Å². The zero-order valence-electron chi connectivity index (χ0n) is 13.2. The first-order valence-electron chi connectivity index (χ1n) is 7.95. The first-order chi connectivity index (χ1) is 8.86. The lowest BCUT2D eigenvalue weighted by atomic mass is 9.82. The maximum absolute atomic E-state index is 6.17. The maximum atomic E-state index is 6.17. The van der Waals surface area contributed by atoms with Crippen molar-refractivity contribution in [3.63, 3.8) is 0 Å². The van der Waals surface area contributed by atoms with Gasteiger partial charge in [0.1, 0.15) is 0 Å². The van der Waals surface area contributed by atoms with Crippen molar-refractivity contribution in [2.24, 2.45) is 5.41 Å². The van der Waals surface area contributed by atoms with E-state index < -0.39 is 8.32 Å². The molecule has 0 fully saturated rings. The minimum absolute atomic E-state index is 0.382. The first kappa shape index (κ1) is 14.9. The molecule has 0 saturated carbocycles. The lowest BCUT2D eigenvalue weighted by Gasteiger charge is -2.23. The number of allylic oxidation sites excluding steroid dienone is 4. The summed E-state index contributed by atoms with van der Waals surface area (Å²) >= 11 is 0. The summed E-state index contributed by atoms with van der Waals surface area (Å²) in [4.78, 5) is 0. The van der Waals surface area contributed by atoms with Crippen LogP contribution in [0.25, 0.3) is 0 Å². The summed E-state index contributed by atoms with van der Waals surface area (Å²) in [6, 6.07) is 0. The molecular weight excluding hydrogens is 248 g/mol. The molecule has 0 amide bonds. The molecule has 0 spiro atoms. The third kappa shape index (κ3) is 4.83. The van der Waals surface area contributed by atoms with Crippen LogP contribution in [0.1, 0.15) is 58.3 Å². The van der Waals surface area contributed by atoms with Gasteiger partial charge in [0.05, 0.1) is 5.76 Å². The van der Waals surface area contributed by atoms with E-state index in [0.717, 1.165) is 6.42 Å². The van der Waals surface area contributed by atoms with E-state index in [9.17, 15) is 0 Å². The van der Waals surface area contributed by atoms with Crippen LogP contribution in [0.15, 0.2) is 23.5 Å². The molecule has 2 aliphatic carbocycles. The third-order valence-electron chi connectivity index (χ3n) is 4.29. The topological polar surface area (TPSA) is 9.23 Å². The van der Waals surface area contributed by atoms with Crippen LogP contribution in [0.3, 0.4) is 0 Å². The summed E-state index contributed by atoms with van der Waals surface area (Å²) in [5, 5.41) is 0. The van der Waals surface area contributed by atoms with Crippen LogP contribution in [0.5, 0.6) is 0 Å². The molecule has 0 aromatic heterocycles. The van der Waals surface area contributed by atoms with E-state index in [0.29, 0.717) is 5.41 Å². The van der Waals surface area contributed by atoms with Gasteiger partial charge in [-0.25, -0.2) is 0 Å². The molecule has 108 valence electrons. The largest absolute Gasteiger partial charge is 0.548 e. The predicted molar refractivity (Wildman–Crippen MR) is 85.6 cm³/mol. The Kier molecular flexibility index (Phi) is 4.60. The number of hydrogen-bond donors (Lipinski definition) is 0. The summed E-state index contributed by atoms with van der Waals surface area (Å²) in [6.07, 6.45) is 15.4. The van der Waals surface area contributed by atoms with Crippen LogP contribution >= 0.6 is 0 Å². The van der Waals surface area contributed by atoms with Crippen LogP contribution in [-0.4, -0.2) is 8.32 Å². The van der Waals surface area contributed by atoms with Crippen molar-refractivity contribution in [2.75, 3.05) is 0 Å². The molecular formula is C17H30OSi. The van der Waals surface area contributed by atoms with Gasteiger partial charge in [-0.1, -0.05) is 18.6 Å². The van der Waals surface area contributed by atoms with Crippen molar-refractivity contribution in [3.05, 3.63) is 23.5 Å². The average Bonchev–Trinajstić information content (AvgIpc) is 2.68. The Hall–Kier alpha value is -0.503. The lowest BCUT2D eigenvalue weighted by molar-refractivity contribution is 0.375. The zero-order valence-corrected chi connectivity index (χ0v) is 14.2. The molecule has 0 aromatic rings.